The number of hydrogen-bond donors (Lipinski definition) is 4. The topological polar surface area (TPSA) is 367 Å². The Labute approximate surface area is 777 Å². The molecule has 0 aliphatic carbocycles. The van der Waals surface area contributed by atoms with Crippen molar-refractivity contribution >= 4 is 91.8 Å². The average Bonchev–Trinajstić information content (AvgIpc) is 1.66. The molecule has 16 rings (SSSR count). The summed E-state index contributed by atoms with van der Waals surface area (Å²) in [6.45, 7) is 7.50. The third kappa shape index (κ3) is 25.9. The zero-order valence-electron chi connectivity index (χ0n) is 70.1. The number of esters is 1. The van der Waals surface area contributed by atoms with Crippen LogP contribution in [0.3, 0.4) is 0 Å². The molecule has 0 saturated carbocycles. The SMILES string of the molecule is CC(c1ccc(C(F)(F)F)cc1C(F)(F)F)n1cc(N)cn1.CC(c1ccc(C(F)(F)F)cc1C(F)(F)F)n1cc(NC(=O)c2nnc(-c3ccco3)s2)cn1.CCOC(=O)c1nnc(-c2ccco2)s1.C[C@@H](c1ccc(C(F)(F)F)cc1C(F)(F)F)n1cc(NC(=O)c2nnc(-c3ccco3)s2)cn1.C[C@H](c1ccc(C(F)(F)F)cc1C(F)(F)F)n1cc(NC(=O)c2nnc(-c3ccco3)s2)cn1. The van der Waals surface area contributed by atoms with Gasteiger partial charge in [-0.25, -0.2) is 4.79 Å². The summed E-state index contributed by atoms with van der Waals surface area (Å²) in [6, 6.07) is 15.0. The normalized spacial score (nSPS) is 13.0. The molecule has 4 atom stereocenters. The van der Waals surface area contributed by atoms with Crippen LogP contribution in [-0.2, 0) is 54.1 Å². The van der Waals surface area contributed by atoms with Gasteiger partial charge in [-0.2, -0.15) is 126 Å². The van der Waals surface area contributed by atoms with Gasteiger partial charge in [-0.15, -0.1) is 40.8 Å². The van der Waals surface area contributed by atoms with E-state index in [0.717, 1.165) is 88.3 Å². The van der Waals surface area contributed by atoms with Crippen molar-refractivity contribution < 1.29 is 147 Å². The molecule has 12 heterocycles. The number of amides is 3. The summed E-state index contributed by atoms with van der Waals surface area (Å²) in [6.07, 6.45) is -23.8. The van der Waals surface area contributed by atoms with Gasteiger partial charge in [-0.1, -0.05) is 69.6 Å². The Morgan fingerprint density at radius 3 is 0.791 bits per heavy atom. The van der Waals surface area contributed by atoms with E-state index in [1.54, 1.807) is 61.7 Å². The molecule has 0 spiro atoms. The molecule has 3 amide bonds. The molecule has 2 unspecified atom stereocenters. The lowest BCUT2D eigenvalue weighted by atomic mass is 9.98. The van der Waals surface area contributed by atoms with Gasteiger partial charge >= 0.3 is 55.4 Å². The van der Waals surface area contributed by atoms with Gasteiger partial charge in [0.2, 0.25) is 20.0 Å². The van der Waals surface area contributed by atoms with E-state index in [0.29, 0.717) is 73.9 Å². The number of carbonyl (C=O) groups is 4. The van der Waals surface area contributed by atoms with E-state index in [1.165, 1.54) is 96.1 Å². The molecule has 57 heteroatoms. The van der Waals surface area contributed by atoms with Crippen LogP contribution in [0, 0.1) is 0 Å². The first-order valence-corrected chi connectivity index (χ1v) is 42.0. The summed E-state index contributed by atoms with van der Waals surface area (Å²) < 4.78 is 345. The van der Waals surface area contributed by atoms with Crippen LogP contribution in [-0.4, -0.2) is 110 Å². The highest BCUT2D eigenvalue weighted by Crippen LogP contribution is 2.46. The minimum atomic E-state index is -5.02. The number of halogens is 24. The van der Waals surface area contributed by atoms with Gasteiger partial charge in [-0.05, 0) is 154 Å². The monoisotopic (exact) mass is 2050 g/mol. The molecule has 139 heavy (non-hydrogen) atoms. The van der Waals surface area contributed by atoms with E-state index < -0.39 is 158 Å². The van der Waals surface area contributed by atoms with Crippen LogP contribution in [0.5, 0.6) is 0 Å². The summed E-state index contributed by atoms with van der Waals surface area (Å²) in [4.78, 5) is 48.6. The Morgan fingerprint density at radius 2 is 0.576 bits per heavy atom. The zero-order chi connectivity index (χ0) is 101. The largest absolute Gasteiger partial charge is 0.462 e. The average molecular weight is 2050 g/mol. The fourth-order valence-electron chi connectivity index (χ4n) is 12.3. The van der Waals surface area contributed by atoms with Gasteiger partial charge in [0.25, 0.3) is 17.7 Å². The van der Waals surface area contributed by atoms with Crippen LogP contribution >= 0.6 is 45.3 Å². The maximum atomic E-state index is 13.5. The van der Waals surface area contributed by atoms with Crippen molar-refractivity contribution in [2.45, 2.75) is 108 Å². The number of nitrogens with zero attached hydrogens (tertiary/aromatic N) is 16. The number of nitrogens with one attached hydrogen (secondary N) is 3. The third-order valence-electron chi connectivity index (χ3n) is 19.0. The first kappa shape index (κ1) is 103. The van der Waals surface area contributed by atoms with Crippen molar-refractivity contribution in [3.05, 3.63) is 283 Å². The van der Waals surface area contributed by atoms with Crippen molar-refractivity contribution in [2.24, 2.45) is 0 Å². The van der Waals surface area contributed by atoms with E-state index in [2.05, 4.69) is 77.1 Å². The Hall–Kier alpha value is -14.9. The summed E-state index contributed by atoms with van der Waals surface area (Å²) in [5, 5.41) is 55.6. The molecule has 16 aromatic rings. The van der Waals surface area contributed by atoms with Crippen LogP contribution in [0.15, 0.2) is 214 Å². The molecular weight excluding hydrogens is 1990 g/mol. The molecule has 732 valence electrons. The number of rotatable bonds is 20. The lowest BCUT2D eigenvalue weighted by molar-refractivity contribution is -0.145. The van der Waals surface area contributed by atoms with E-state index in [1.807, 2.05) is 0 Å². The Bertz CT molecular complexity index is 6400. The van der Waals surface area contributed by atoms with Crippen molar-refractivity contribution in [3.63, 3.8) is 0 Å². The molecule has 29 nitrogen and oxygen atoms in total. The van der Waals surface area contributed by atoms with Crippen LogP contribution in [0.2, 0.25) is 0 Å². The second-order valence-electron chi connectivity index (χ2n) is 28.4. The first-order valence-electron chi connectivity index (χ1n) is 38.8. The molecule has 0 radical (unpaired) electrons. The fraction of sp³-hybridized carbons (Fsp3) is 0.220. The lowest BCUT2D eigenvalue weighted by Crippen LogP contribution is -2.17. The smallest absolute Gasteiger partial charge is 0.416 e. The van der Waals surface area contributed by atoms with E-state index in [9.17, 15) is 125 Å². The Kier molecular flexibility index (Phi) is 30.8. The Balaban J connectivity index is 0.000000160. The number of alkyl halides is 24. The van der Waals surface area contributed by atoms with Gasteiger partial charge in [0.15, 0.2) is 43.1 Å². The number of ether oxygens (including phenoxy) is 1. The molecule has 5 N–H and O–H groups in total. The molecule has 0 saturated heterocycles. The molecule has 4 aromatic carbocycles. The summed E-state index contributed by atoms with van der Waals surface area (Å²) in [7, 11) is 0. The number of anilines is 4. The highest BCUT2D eigenvalue weighted by Gasteiger charge is 2.45. The molecule has 12 aromatic heterocycles. The quantitative estimate of drug-likeness (QED) is 0.0407. The van der Waals surface area contributed by atoms with E-state index >= 15 is 0 Å². The minimum absolute atomic E-state index is 0.00861. The zero-order valence-corrected chi connectivity index (χ0v) is 73.4. The minimum Gasteiger partial charge on any atom is -0.462 e. The van der Waals surface area contributed by atoms with Crippen molar-refractivity contribution in [3.8, 4) is 43.1 Å². The maximum Gasteiger partial charge on any atom is 0.416 e. The van der Waals surface area contributed by atoms with Gasteiger partial charge < -0.3 is 44.1 Å². The van der Waals surface area contributed by atoms with E-state index in [-0.39, 0.29) is 72.6 Å². The lowest BCUT2D eigenvalue weighted by Gasteiger charge is -2.20. The van der Waals surface area contributed by atoms with Crippen LogP contribution in [0.1, 0.15) is 165 Å². The Morgan fingerprint density at radius 1 is 0.338 bits per heavy atom. The summed E-state index contributed by atoms with van der Waals surface area (Å²) in [5.74, 6) is -0.467. The third-order valence-corrected chi connectivity index (χ3v) is 22.7. The van der Waals surface area contributed by atoms with E-state index in [4.69, 9.17) is 28.1 Å². The molecule has 0 bridgehead atoms. The van der Waals surface area contributed by atoms with Gasteiger partial charge in [0.1, 0.15) is 0 Å². The van der Waals surface area contributed by atoms with Gasteiger partial charge in [0.05, 0.1) is 148 Å². The summed E-state index contributed by atoms with van der Waals surface area (Å²) >= 11 is 4.04. The predicted octanol–water partition coefficient (Wildman–Crippen LogP) is 23.8. The molecule has 0 aliphatic rings. The molecular formula is C82H58F24N20O9S4. The van der Waals surface area contributed by atoms with Crippen molar-refractivity contribution in [1.29, 1.82) is 0 Å². The van der Waals surface area contributed by atoms with Crippen molar-refractivity contribution in [2.75, 3.05) is 28.3 Å². The number of nitrogens with two attached hydrogens (primary N) is 1. The number of benzene rings is 4. The number of carbonyl (C=O) groups excluding carboxylic acids is 4. The number of aromatic nitrogens is 16. The van der Waals surface area contributed by atoms with Gasteiger partial charge in [0, 0.05) is 24.8 Å². The van der Waals surface area contributed by atoms with Crippen LogP contribution in [0.4, 0.5) is 128 Å². The van der Waals surface area contributed by atoms with Crippen LogP contribution in [0.25, 0.3) is 43.1 Å². The second kappa shape index (κ2) is 41.6. The standard InChI is InChI=1S/3C20H13F6N5O2S.C13H11F6N3.C9H8N2O3S/c3*1-10(13-5-4-11(19(21,22)23)7-14(13)20(24,25)26)31-9-12(8-27-31)28-16(32)18-30-29-17(34-18)15-3-2-6-33-15;1-7(22-6-9(20)5-21-22)10-3-2-8(12(14,15)16)4-11(10)13(17,18)19;1-2-13-9(12)8-11-10-7(15-8)6-4-3-5-14-6/h3*2-10H,1H3,(H,28,32);2-7H,20H2,1H3;3-5H,2H2,1H3/t2*10-;;;/m10.../s1. The van der Waals surface area contributed by atoms with Gasteiger partial charge in [-0.3, -0.25) is 33.1 Å². The van der Waals surface area contributed by atoms with Crippen molar-refractivity contribution in [1.82, 2.24) is 79.9 Å². The number of nitrogen functional groups attached to an aromatic ring is 1. The van der Waals surface area contributed by atoms with Crippen LogP contribution < -0.4 is 21.7 Å². The summed E-state index contributed by atoms with van der Waals surface area (Å²) in [5.41, 5.74) is -6.60. The maximum absolute atomic E-state index is 13.5. The number of hydrogen-bond acceptors (Lipinski definition) is 26. The molecule has 0 aliphatic heterocycles. The highest BCUT2D eigenvalue weighted by atomic mass is 32.1. The number of furan rings is 4. The molecule has 0 fully saturated rings. The second-order valence-corrected chi connectivity index (χ2v) is 32.3. The highest BCUT2D eigenvalue weighted by molar-refractivity contribution is 7.17. The predicted molar refractivity (Wildman–Crippen MR) is 445 cm³/mol. The first-order chi connectivity index (χ1) is 65.1. The fourth-order valence-corrected chi connectivity index (χ4v) is 15.2.